The number of anilines is 1. The number of esters is 2. The van der Waals surface area contributed by atoms with Crippen molar-refractivity contribution in [2.24, 2.45) is 5.92 Å². The Labute approximate surface area is 186 Å². The largest absolute Gasteiger partial charge is 0.455 e. The van der Waals surface area contributed by atoms with Crippen LogP contribution in [-0.2, 0) is 9.47 Å². The highest BCUT2D eigenvalue weighted by Crippen LogP contribution is 2.37. The standard InChI is InChI=1S/C24H26N2O6/c1-23(2,31-21(27)17-6-10-20(11-7-17)26(29)30)18-12-14-24(3,15-13-18)32-22(28)16-4-8-19(25)9-5-16/h4-12,14,18H,13,15,25H2,1-3H3/t18-,24-/m0/s1. The van der Waals surface area contributed by atoms with Crippen molar-refractivity contribution in [2.45, 2.75) is 44.8 Å². The summed E-state index contributed by atoms with van der Waals surface area (Å²) in [5, 5.41) is 10.8. The monoisotopic (exact) mass is 438 g/mol. The molecule has 2 atom stereocenters. The number of hydrogen-bond donors (Lipinski definition) is 1. The fourth-order valence-corrected chi connectivity index (χ4v) is 3.59. The number of nitro benzene ring substituents is 1. The number of benzene rings is 2. The van der Waals surface area contributed by atoms with E-state index in [4.69, 9.17) is 15.2 Å². The summed E-state index contributed by atoms with van der Waals surface area (Å²) in [6.07, 6.45) is 4.94. The first-order chi connectivity index (χ1) is 15.0. The molecule has 2 aromatic rings. The molecule has 2 N–H and O–H groups in total. The molecule has 2 aromatic carbocycles. The third kappa shape index (κ3) is 5.32. The lowest BCUT2D eigenvalue weighted by Crippen LogP contribution is -2.41. The minimum absolute atomic E-state index is 0.0900. The summed E-state index contributed by atoms with van der Waals surface area (Å²) < 4.78 is 11.4. The predicted molar refractivity (Wildman–Crippen MR) is 119 cm³/mol. The zero-order valence-corrected chi connectivity index (χ0v) is 18.2. The topological polar surface area (TPSA) is 122 Å². The Bertz CT molecular complexity index is 1040. The maximum Gasteiger partial charge on any atom is 0.338 e. The fraction of sp³-hybridized carbons (Fsp3) is 0.333. The van der Waals surface area contributed by atoms with Crippen molar-refractivity contribution >= 4 is 23.3 Å². The van der Waals surface area contributed by atoms with Crippen molar-refractivity contribution in [2.75, 3.05) is 5.73 Å². The van der Waals surface area contributed by atoms with Crippen LogP contribution in [0, 0.1) is 16.0 Å². The quantitative estimate of drug-likeness (QED) is 0.228. The molecule has 0 heterocycles. The first kappa shape index (κ1) is 23.0. The predicted octanol–water partition coefficient (Wildman–Crippen LogP) is 4.69. The molecule has 0 aliphatic heterocycles. The van der Waals surface area contributed by atoms with Gasteiger partial charge in [0.2, 0.25) is 0 Å². The Morgan fingerprint density at radius 3 is 2.16 bits per heavy atom. The van der Waals surface area contributed by atoms with Gasteiger partial charge in [0.25, 0.3) is 5.69 Å². The maximum absolute atomic E-state index is 12.5. The van der Waals surface area contributed by atoms with Crippen molar-refractivity contribution in [3.8, 4) is 0 Å². The van der Waals surface area contributed by atoms with E-state index >= 15 is 0 Å². The van der Waals surface area contributed by atoms with E-state index in [1.807, 2.05) is 32.9 Å². The molecule has 3 rings (SSSR count). The van der Waals surface area contributed by atoms with Crippen LogP contribution in [-0.4, -0.2) is 28.1 Å². The zero-order valence-electron chi connectivity index (χ0n) is 18.2. The Morgan fingerprint density at radius 2 is 1.62 bits per heavy atom. The van der Waals surface area contributed by atoms with Gasteiger partial charge >= 0.3 is 11.9 Å². The van der Waals surface area contributed by atoms with E-state index in [0.717, 1.165) is 0 Å². The third-order valence-corrected chi connectivity index (χ3v) is 5.67. The van der Waals surface area contributed by atoms with Gasteiger partial charge in [0.1, 0.15) is 11.2 Å². The smallest absolute Gasteiger partial charge is 0.338 e. The van der Waals surface area contributed by atoms with Crippen LogP contribution >= 0.6 is 0 Å². The first-order valence-electron chi connectivity index (χ1n) is 10.3. The average molecular weight is 438 g/mol. The molecule has 0 bridgehead atoms. The molecular weight excluding hydrogens is 412 g/mol. The summed E-state index contributed by atoms with van der Waals surface area (Å²) in [6, 6.07) is 11.8. The van der Waals surface area contributed by atoms with E-state index in [2.05, 4.69) is 0 Å². The molecule has 0 saturated heterocycles. The molecule has 0 radical (unpaired) electrons. The number of nitro groups is 1. The van der Waals surface area contributed by atoms with Gasteiger partial charge in [-0.2, -0.15) is 0 Å². The molecule has 0 spiro atoms. The van der Waals surface area contributed by atoms with Crippen LogP contribution < -0.4 is 5.73 Å². The number of nitrogen functional groups attached to an aromatic ring is 1. The number of carbonyl (C=O) groups excluding carboxylic acids is 2. The molecule has 168 valence electrons. The number of rotatable bonds is 6. The number of nitrogens with zero attached hydrogens (tertiary/aromatic N) is 1. The molecule has 0 fully saturated rings. The van der Waals surface area contributed by atoms with Gasteiger partial charge in [-0.05, 0) is 76.1 Å². The van der Waals surface area contributed by atoms with Gasteiger partial charge < -0.3 is 15.2 Å². The van der Waals surface area contributed by atoms with Gasteiger partial charge in [0.05, 0.1) is 16.1 Å². The third-order valence-electron chi connectivity index (χ3n) is 5.67. The van der Waals surface area contributed by atoms with Crippen LogP contribution in [0.2, 0.25) is 0 Å². The lowest BCUT2D eigenvalue weighted by atomic mass is 9.78. The first-order valence-corrected chi connectivity index (χ1v) is 10.3. The lowest BCUT2D eigenvalue weighted by molar-refractivity contribution is -0.384. The van der Waals surface area contributed by atoms with Gasteiger partial charge in [0.15, 0.2) is 0 Å². The highest BCUT2D eigenvalue weighted by Gasteiger charge is 2.38. The second-order valence-corrected chi connectivity index (χ2v) is 8.63. The van der Waals surface area contributed by atoms with E-state index in [1.165, 1.54) is 24.3 Å². The van der Waals surface area contributed by atoms with Crippen LogP contribution in [0.4, 0.5) is 11.4 Å². The summed E-state index contributed by atoms with van der Waals surface area (Å²) in [5.41, 5.74) is 5.21. The molecule has 0 amide bonds. The van der Waals surface area contributed by atoms with E-state index in [-0.39, 0.29) is 17.2 Å². The van der Waals surface area contributed by atoms with Crippen molar-refractivity contribution in [1.82, 2.24) is 0 Å². The number of hydrogen-bond acceptors (Lipinski definition) is 7. The molecule has 1 aliphatic carbocycles. The molecule has 1 aliphatic rings. The van der Waals surface area contributed by atoms with Gasteiger partial charge in [-0.15, -0.1) is 0 Å². The van der Waals surface area contributed by atoms with Crippen LogP contribution in [0.3, 0.4) is 0 Å². The van der Waals surface area contributed by atoms with Gasteiger partial charge in [-0.3, -0.25) is 10.1 Å². The van der Waals surface area contributed by atoms with E-state index in [9.17, 15) is 19.7 Å². The summed E-state index contributed by atoms with van der Waals surface area (Å²) >= 11 is 0. The molecule has 8 nitrogen and oxygen atoms in total. The highest BCUT2D eigenvalue weighted by molar-refractivity contribution is 5.90. The fourth-order valence-electron chi connectivity index (χ4n) is 3.59. The summed E-state index contributed by atoms with van der Waals surface area (Å²) in [7, 11) is 0. The van der Waals surface area contributed by atoms with Gasteiger partial charge in [-0.25, -0.2) is 9.59 Å². The maximum atomic E-state index is 12.5. The van der Waals surface area contributed by atoms with Crippen LogP contribution in [0.1, 0.15) is 54.3 Å². The minimum Gasteiger partial charge on any atom is -0.455 e. The van der Waals surface area contributed by atoms with Crippen LogP contribution in [0.15, 0.2) is 60.7 Å². The highest BCUT2D eigenvalue weighted by atomic mass is 16.6. The Morgan fingerprint density at radius 1 is 1.06 bits per heavy atom. The summed E-state index contributed by atoms with van der Waals surface area (Å²) in [4.78, 5) is 35.3. The molecule has 8 heteroatoms. The molecular formula is C24H26N2O6. The lowest BCUT2D eigenvalue weighted by Gasteiger charge is -2.38. The number of ether oxygens (including phenoxy) is 2. The average Bonchev–Trinajstić information content (AvgIpc) is 2.74. The van der Waals surface area contributed by atoms with Gasteiger partial charge in [0, 0.05) is 23.7 Å². The van der Waals surface area contributed by atoms with Crippen molar-refractivity contribution in [1.29, 1.82) is 0 Å². The van der Waals surface area contributed by atoms with Crippen molar-refractivity contribution in [3.63, 3.8) is 0 Å². The van der Waals surface area contributed by atoms with Crippen LogP contribution in [0.5, 0.6) is 0 Å². The van der Waals surface area contributed by atoms with Crippen LogP contribution in [0.25, 0.3) is 0 Å². The van der Waals surface area contributed by atoms with E-state index < -0.39 is 28.1 Å². The number of non-ortho nitro benzene ring substituents is 1. The molecule has 0 unspecified atom stereocenters. The molecule has 0 saturated carbocycles. The number of nitrogens with two attached hydrogens (primary N) is 1. The van der Waals surface area contributed by atoms with Crippen molar-refractivity contribution in [3.05, 3.63) is 81.9 Å². The second kappa shape index (κ2) is 8.82. The van der Waals surface area contributed by atoms with E-state index in [1.54, 1.807) is 24.3 Å². The summed E-state index contributed by atoms with van der Waals surface area (Å²) in [6.45, 7) is 5.47. The summed E-state index contributed by atoms with van der Waals surface area (Å²) in [5.74, 6) is -1.08. The Kier molecular flexibility index (Phi) is 6.34. The second-order valence-electron chi connectivity index (χ2n) is 8.63. The molecule has 0 aromatic heterocycles. The number of carbonyl (C=O) groups is 2. The Hall–Kier alpha value is -3.68. The molecule has 32 heavy (non-hydrogen) atoms. The minimum atomic E-state index is -0.822. The normalized spacial score (nSPS) is 20.4. The SMILES string of the molecule is CC(C)(OC(=O)c1ccc([N+](=O)[O-])cc1)[C@H]1C=C[C@](C)(OC(=O)c2ccc(N)cc2)CC1. The van der Waals surface area contributed by atoms with Crippen molar-refractivity contribution < 1.29 is 24.0 Å². The zero-order chi connectivity index (χ0) is 23.5. The van der Waals surface area contributed by atoms with E-state index in [0.29, 0.717) is 24.1 Å². The van der Waals surface area contributed by atoms with Gasteiger partial charge in [-0.1, -0.05) is 6.08 Å². The Balaban J connectivity index is 1.64.